The molecule has 1 fully saturated rings. The molecule has 0 aliphatic carbocycles. The average Bonchev–Trinajstić information content (AvgIpc) is 2.57. The number of carbonyl (C=O) groups excluding carboxylic acids is 2. The van der Waals surface area contributed by atoms with E-state index in [1.54, 1.807) is 28.9 Å². The molecule has 1 atom stereocenters. The Bertz CT molecular complexity index is 882. The molecule has 1 aliphatic heterocycles. The molecule has 26 heavy (non-hydrogen) atoms. The van der Waals surface area contributed by atoms with E-state index in [1.165, 1.54) is 6.07 Å². The third-order valence-electron chi connectivity index (χ3n) is 4.72. The van der Waals surface area contributed by atoms with E-state index in [9.17, 15) is 9.59 Å². The Hall–Kier alpha value is -2.04. The molecule has 0 N–H and O–H groups in total. The van der Waals surface area contributed by atoms with E-state index >= 15 is 0 Å². The van der Waals surface area contributed by atoms with Gasteiger partial charge in [-0.05, 0) is 50.6 Å². The van der Waals surface area contributed by atoms with Gasteiger partial charge in [-0.1, -0.05) is 40.9 Å². The molecule has 2 amide bonds. The molecule has 0 unspecified atom stereocenters. The molecular formula is C20H20Cl2N2O2. The molecule has 0 saturated carbocycles. The number of hydrogen-bond acceptors (Lipinski definition) is 2. The molecule has 0 radical (unpaired) electrons. The highest BCUT2D eigenvalue weighted by atomic mass is 35.5. The number of rotatable bonds is 2. The van der Waals surface area contributed by atoms with E-state index in [2.05, 4.69) is 6.07 Å². The maximum absolute atomic E-state index is 12.9. The van der Waals surface area contributed by atoms with Gasteiger partial charge in [0.05, 0.1) is 10.6 Å². The first-order valence-electron chi connectivity index (χ1n) is 8.44. The van der Waals surface area contributed by atoms with Crippen LogP contribution in [-0.4, -0.2) is 35.8 Å². The summed E-state index contributed by atoms with van der Waals surface area (Å²) >= 11 is 12.1. The zero-order valence-electron chi connectivity index (χ0n) is 14.9. The summed E-state index contributed by atoms with van der Waals surface area (Å²) in [6.45, 7) is 6.65. The first-order valence-corrected chi connectivity index (χ1v) is 9.20. The van der Waals surface area contributed by atoms with Crippen molar-refractivity contribution < 1.29 is 9.59 Å². The van der Waals surface area contributed by atoms with Crippen LogP contribution in [-0.2, 0) is 4.79 Å². The smallest absolute Gasteiger partial charge is 0.256 e. The van der Waals surface area contributed by atoms with Gasteiger partial charge in [-0.15, -0.1) is 0 Å². The predicted molar refractivity (Wildman–Crippen MR) is 105 cm³/mol. The number of carbonyl (C=O) groups is 2. The minimum Gasteiger partial charge on any atom is -0.325 e. The molecule has 2 aromatic carbocycles. The summed E-state index contributed by atoms with van der Waals surface area (Å²) in [6, 6.07) is 10.2. The highest BCUT2D eigenvalue weighted by Gasteiger charge is 2.36. The van der Waals surface area contributed by atoms with Gasteiger partial charge in [0.15, 0.2) is 0 Å². The molecule has 3 rings (SSSR count). The average molecular weight is 391 g/mol. The molecule has 1 saturated heterocycles. The molecule has 0 aromatic heterocycles. The largest absolute Gasteiger partial charge is 0.325 e. The van der Waals surface area contributed by atoms with Crippen molar-refractivity contribution in [3.8, 4) is 0 Å². The second-order valence-electron chi connectivity index (χ2n) is 6.58. The summed E-state index contributed by atoms with van der Waals surface area (Å²) in [5, 5.41) is 0.759. The van der Waals surface area contributed by atoms with Gasteiger partial charge in [-0.2, -0.15) is 0 Å². The summed E-state index contributed by atoms with van der Waals surface area (Å²) < 4.78 is 0. The minimum absolute atomic E-state index is 0.0957. The van der Waals surface area contributed by atoms with Crippen LogP contribution in [0.1, 0.15) is 28.4 Å². The molecule has 4 nitrogen and oxygen atoms in total. The SMILES string of the molecule is Cc1ccc(N2CCN(C(=O)c3ccc(Cl)cc3Cl)[C@@H](C)C2=O)c(C)c1. The van der Waals surface area contributed by atoms with Crippen molar-refractivity contribution in [1.82, 2.24) is 4.90 Å². The molecule has 136 valence electrons. The van der Waals surface area contributed by atoms with Crippen LogP contribution in [0, 0.1) is 13.8 Å². The van der Waals surface area contributed by atoms with Gasteiger partial charge in [0.2, 0.25) is 5.91 Å². The highest BCUT2D eigenvalue weighted by Crippen LogP contribution is 2.27. The van der Waals surface area contributed by atoms with Gasteiger partial charge < -0.3 is 9.80 Å². The van der Waals surface area contributed by atoms with Crippen molar-refractivity contribution in [2.24, 2.45) is 0 Å². The van der Waals surface area contributed by atoms with E-state index < -0.39 is 6.04 Å². The quantitative estimate of drug-likeness (QED) is 0.757. The first-order chi connectivity index (χ1) is 12.3. The van der Waals surface area contributed by atoms with Crippen LogP contribution in [0.25, 0.3) is 0 Å². The van der Waals surface area contributed by atoms with Gasteiger partial charge in [0, 0.05) is 23.8 Å². The number of anilines is 1. The monoisotopic (exact) mass is 390 g/mol. The number of halogens is 2. The van der Waals surface area contributed by atoms with Gasteiger partial charge >= 0.3 is 0 Å². The van der Waals surface area contributed by atoms with Crippen LogP contribution in [0.5, 0.6) is 0 Å². The summed E-state index contributed by atoms with van der Waals surface area (Å²) in [5.41, 5.74) is 3.45. The molecule has 1 aliphatic rings. The van der Waals surface area contributed by atoms with Crippen LogP contribution in [0.15, 0.2) is 36.4 Å². The second-order valence-corrected chi connectivity index (χ2v) is 7.42. The van der Waals surface area contributed by atoms with E-state index in [1.807, 2.05) is 26.0 Å². The Labute approximate surface area is 163 Å². The van der Waals surface area contributed by atoms with Crippen molar-refractivity contribution in [1.29, 1.82) is 0 Å². The molecule has 0 bridgehead atoms. The molecule has 2 aromatic rings. The number of aryl methyl sites for hydroxylation is 2. The lowest BCUT2D eigenvalue weighted by molar-refractivity contribution is -0.124. The van der Waals surface area contributed by atoms with Crippen LogP contribution in [0.2, 0.25) is 10.0 Å². The fraction of sp³-hybridized carbons (Fsp3) is 0.300. The van der Waals surface area contributed by atoms with E-state index in [0.717, 1.165) is 16.8 Å². The van der Waals surface area contributed by atoms with Crippen LogP contribution >= 0.6 is 23.2 Å². The van der Waals surface area contributed by atoms with E-state index in [4.69, 9.17) is 23.2 Å². The van der Waals surface area contributed by atoms with Crippen LogP contribution < -0.4 is 4.90 Å². The fourth-order valence-electron chi connectivity index (χ4n) is 3.31. The van der Waals surface area contributed by atoms with Crippen molar-refractivity contribution in [3.05, 3.63) is 63.1 Å². The normalized spacial score (nSPS) is 17.6. The van der Waals surface area contributed by atoms with E-state index in [-0.39, 0.29) is 11.8 Å². The second kappa shape index (κ2) is 7.29. The van der Waals surface area contributed by atoms with Crippen molar-refractivity contribution in [3.63, 3.8) is 0 Å². The Kier molecular flexibility index (Phi) is 5.26. The van der Waals surface area contributed by atoms with Gasteiger partial charge in [-0.25, -0.2) is 0 Å². The lowest BCUT2D eigenvalue weighted by Crippen LogP contribution is -2.58. The number of amides is 2. The first kappa shape index (κ1) is 18.7. The van der Waals surface area contributed by atoms with Gasteiger partial charge in [0.1, 0.15) is 6.04 Å². The van der Waals surface area contributed by atoms with Crippen LogP contribution in [0.3, 0.4) is 0 Å². The van der Waals surface area contributed by atoms with Crippen molar-refractivity contribution in [2.45, 2.75) is 26.8 Å². The zero-order chi connectivity index (χ0) is 19.0. The van der Waals surface area contributed by atoms with Gasteiger partial charge in [0.25, 0.3) is 5.91 Å². The lowest BCUT2D eigenvalue weighted by Gasteiger charge is -2.39. The number of hydrogen-bond donors (Lipinski definition) is 0. The number of benzene rings is 2. The molecule has 6 heteroatoms. The molecule has 0 spiro atoms. The third-order valence-corrected chi connectivity index (χ3v) is 5.27. The molecular weight excluding hydrogens is 371 g/mol. The minimum atomic E-state index is -0.566. The van der Waals surface area contributed by atoms with Crippen LogP contribution in [0.4, 0.5) is 5.69 Å². The highest BCUT2D eigenvalue weighted by molar-refractivity contribution is 6.36. The summed E-state index contributed by atoms with van der Waals surface area (Å²) in [7, 11) is 0. The Balaban J connectivity index is 1.84. The Morgan fingerprint density at radius 2 is 1.81 bits per heavy atom. The van der Waals surface area contributed by atoms with Gasteiger partial charge in [-0.3, -0.25) is 9.59 Å². The number of nitrogens with zero attached hydrogens (tertiary/aromatic N) is 2. The Morgan fingerprint density at radius 3 is 2.46 bits per heavy atom. The summed E-state index contributed by atoms with van der Waals surface area (Å²) in [5.74, 6) is -0.352. The summed E-state index contributed by atoms with van der Waals surface area (Å²) in [4.78, 5) is 29.1. The lowest BCUT2D eigenvalue weighted by atomic mass is 10.1. The predicted octanol–water partition coefficient (Wildman–Crippen LogP) is 4.49. The maximum atomic E-state index is 12.9. The fourth-order valence-corrected chi connectivity index (χ4v) is 3.80. The third kappa shape index (κ3) is 3.44. The summed E-state index contributed by atoms with van der Waals surface area (Å²) in [6.07, 6.45) is 0. The maximum Gasteiger partial charge on any atom is 0.256 e. The zero-order valence-corrected chi connectivity index (χ0v) is 16.4. The number of piperazine rings is 1. The standard InChI is InChI=1S/C20H20Cl2N2O2/c1-12-4-7-18(13(2)10-12)24-9-8-23(14(3)19(24)25)20(26)16-6-5-15(21)11-17(16)22/h4-7,10-11,14H,8-9H2,1-3H3/t14-/m0/s1. The van der Waals surface area contributed by atoms with Crippen molar-refractivity contribution >= 4 is 40.7 Å². The Morgan fingerprint density at radius 1 is 1.08 bits per heavy atom. The topological polar surface area (TPSA) is 40.6 Å². The van der Waals surface area contributed by atoms with E-state index in [0.29, 0.717) is 28.7 Å². The van der Waals surface area contributed by atoms with Crippen molar-refractivity contribution in [2.75, 3.05) is 18.0 Å². The molecule has 1 heterocycles.